The van der Waals surface area contributed by atoms with Gasteiger partial charge in [0.15, 0.2) is 13.2 Å². The standard InChI is InChI=1S/C21H30N2O4/c1-16(2)9-11-23(12-10-17(3)4)20(24)14-27-21(25)15-26-19-7-5-18(13-22)6-8-19/h5-8,16-17H,9-12,14-15H2,1-4H3. The van der Waals surface area contributed by atoms with E-state index in [1.165, 1.54) is 0 Å². The van der Waals surface area contributed by atoms with E-state index in [0.717, 1.165) is 12.8 Å². The Morgan fingerprint density at radius 3 is 2.04 bits per heavy atom. The molecule has 6 nitrogen and oxygen atoms in total. The topological polar surface area (TPSA) is 79.6 Å². The van der Waals surface area contributed by atoms with E-state index in [4.69, 9.17) is 14.7 Å². The van der Waals surface area contributed by atoms with Crippen LogP contribution in [0.2, 0.25) is 0 Å². The summed E-state index contributed by atoms with van der Waals surface area (Å²) in [4.78, 5) is 26.0. The lowest BCUT2D eigenvalue weighted by Gasteiger charge is -2.24. The van der Waals surface area contributed by atoms with Gasteiger partial charge in [0.05, 0.1) is 11.6 Å². The lowest BCUT2D eigenvalue weighted by molar-refractivity contribution is -0.153. The van der Waals surface area contributed by atoms with Crippen molar-refractivity contribution >= 4 is 11.9 Å². The number of amides is 1. The van der Waals surface area contributed by atoms with Crippen molar-refractivity contribution in [1.29, 1.82) is 5.26 Å². The molecule has 0 aliphatic carbocycles. The van der Waals surface area contributed by atoms with Crippen molar-refractivity contribution in [2.24, 2.45) is 11.8 Å². The van der Waals surface area contributed by atoms with Crippen LogP contribution in [0.25, 0.3) is 0 Å². The van der Waals surface area contributed by atoms with Crippen LogP contribution in [0.3, 0.4) is 0 Å². The highest BCUT2D eigenvalue weighted by molar-refractivity contribution is 5.81. The number of nitrogens with zero attached hydrogens (tertiary/aromatic N) is 2. The monoisotopic (exact) mass is 374 g/mol. The smallest absolute Gasteiger partial charge is 0.344 e. The molecule has 1 aromatic carbocycles. The highest BCUT2D eigenvalue weighted by atomic mass is 16.6. The Kier molecular flexibility index (Phi) is 9.95. The summed E-state index contributed by atoms with van der Waals surface area (Å²) in [6.07, 6.45) is 1.83. The summed E-state index contributed by atoms with van der Waals surface area (Å²) in [6.45, 7) is 9.25. The average molecular weight is 374 g/mol. The van der Waals surface area contributed by atoms with Crippen LogP contribution in [-0.2, 0) is 14.3 Å². The minimum absolute atomic E-state index is 0.178. The molecule has 0 aromatic heterocycles. The van der Waals surface area contributed by atoms with Crippen LogP contribution in [0.1, 0.15) is 46.1 Å². The lowest BCUT2D eigenvalue weighted by Crippen LogP contribution is -2.37. The minimum atomic E-state index is -0.597. The molecule has 148 valence electrons. The molecule has 0 saturated heterocycles. The van der Waals surface area contributed by atoms with Crippen LogP contribution in [0, 0.1) is 23.2 Å². The molecule has 0 atom stereocenters. The van der Waals surface area contributed by atoms with Crippen molar-refractivity contribution in [3.8, 4) is 11.8 Å². The van der Waals surface area contributed by atoms with Gasteiger partial charge in [-0.15, -0.1) is 0 Å². The molecule has 0 heterocycles. The number of nitriles is 1. The predicted molar refractivity (Wildman–Crippen MR) is 103 cm³/mol. The second-order valence-corrected chi connectivity index (χ2v) is 7.33. The van der Waals surface area contributed by atoms with Crippen molar-refractivity contribution < 1.29 is 19.1 Å². The van der Waals surface area contributed by atoms with Gasteiger partial charge in [-0.3, -0.25) is 4.79 Å². The van der Waals surface area contributed by atoms with Gasteiger partial charge in [-0.2, -0.15) is 5.26 Å². The van der Waals surface area contributed by atoms with Gasteiger partial charge < -0.3 is 14.4 Å². The van der Waals surface area contributed by atoms with Crippen molar-refractivity contribution in [3.05, 3.63) is 29.8 Å². The van der Waals surface area contributed by atoms with Crippen LogP contribution >= 0.6 is 0 Å². The van der Waals surface area contributed by atoms with E-state index in [-0.39, 0.29) is 19.1 Å². The number of hydrogen-bond donors (Lipinski definition) is 0. The summed E-state index contributed by atoms with van der Waals surface area (Å²) < 4.78 is 10.4. The van der Waals surface area contributed by atoms with E-state index in [1.807, 2.05) is 6.07 Å². The van der Waals surface area contributed by atoms with Gasteiger partial charge in [-0.1, -0.05) is 27.7 Å². The zero-order valence-electron chi connectivity index (χ0n) is 16.7. The number of rotatable bonds is 11. The second kappa shape index (κ2) is 11.9. The maximum atomic E-state index is 12.4. The van der Waals surface area contributed by atoms with Crippen LogP contribution in [0.4, 0.5) is 0 Å². The maximum absolute atomic E-state index is 12.4. The van der Waals surface area contributed by atoms with Crippen LogP contribution < -0.4 is 4.74 Å². The third-order valence-electron chi connectivity index (χ3n) is 4.00. The summed E-state index contributed by atoms with van der Waals surface area (Å²) in [5.74, 6) is 0.696. The number of benzene rings is 1. The van der Waals surface area contributed by atoms with Crippen molar-refractivity contribution in [2.75, 3.05) is 26.3 Å². The second-order valence-electron chi connectivity index (χ2n) is 7.33. The van der Waals surface area contributed by atoms with E-state index in [2.05, 4.69) is 27.7 Å². The SMILES string of the molecule is CC(C)CCN(CCC(C)C)C(=O)COC(=O)COc1ccc(C#N)cc1. The fraction of sp³-hybridized carbons (Fsp3) is 0.571. The normalized spacial score (nSPS) is 10.6. The van der Waals surface area contributed by atoms with Crippen LogP contribution in [-0.4, -0.2) is 43.1 Å². The maximum Gasteiger partial charge on any atom is 0.344 e. The minimum Gasteiger partial charge on any atom is -0.482 e. The molecule has 0 unspecified atom stereocenters. The third kappa shape index (κ3) is 9.64. The molecule has 0 N–H and O–H groups in total. The lowest BCUT2D eigenvalue weighted by atomic mass is 10.1. The predicted octanol–water partition coefficient (Wildman–Crippen LogP) is 3.40. The first-order valence-electron chi connectivity index (χ1n) is 9.38. The molecule has 0 fully saturated rings. The number of ether oxygens (including phenoxy) is 2. The van der Waals surface area contributed by atoms with Gasteiger partial charge in [0.2, 0.25) is 0 Å². The molecule has 1 rings (SSSR count). The quantitative estimate of drug-likeness (QED) is 0.555. The summed E-state index contributed by atoms with van der Waals surface area (Å²) in [5.41, 5.74) is 0.512. The number of esters is 1. The highest BCUT2D eigenvalue weighted by Gasteiger charge is 2.16. The highest BCUT2D eigenvalue weighted by Crippen LogP contribution is 2.11. The first-order chi connectivity index (χ1) is 12.8. The van der Waals surface area contributed by atoms with Crippen molar-refractivity contribution in [3.63, 3.8) is 0 Å². The zero-order valence-corrected chi connectivity index (χ0v) is 16.7. The zero-order chi connectivity index (χ0) is 20.2. The molecule has 0 radical (unpaired) electrons. The van der Waals surface area contributed by atoms with Gasteiger partial charge in [-0.05, 0) is 48.9 Å². The Hall–Kier alpha value is -2.55. The molecule has 0 bridgehead atoms. The van der Waals surface area contributed by atoms with Gasteiger partial charge in [-0.25, -0.2) is 4.79 Å². The number of carbonyl (C=O) groups is 2. The van der Waals surface area contributed by atoms with Gasteiger partial charge in [0.25, 0.3) is 5.91 Å². The molecular formula is C21H30N2O4. The summed E-state index contributed by atoms with van der Waals surface area (Å²) in [7, 11) is 0. The average Bonchev–Trinajstić information content (AvgIpc) is 2.64. The Bertz CT molecular complexity index is 621. The first kappa shape index (κ1) is 22.5. The fourth-order valence-electron chi connectivity index (χ4n) is 2.23. The Balaban J connectivity index is 2.42. The van der Waals surface area contributed by atoms with E-state index in [0.29, 0.717) is 36.2 Å². The molecule has 6 heteroatoms. The summed E-state index contributed by atoms with van der Waals surface area (Å²) in [5, 5.41) is 8.75. The number of carbonyl (C=O) groups excluding carboxylic acids is 2. The molecule has 0 aliphatic rings. The molecule has 1 aromatic rings. The van der Waals surface area contributed by atoms with Gasteiger partial charge in [0.1, 0.15) is 5.75 Å². The van der Waals surface area contributed by atoms with E-state index in [9.17, 15) is 9.59 Å². The fourth-order valence-corrected chi connectivity index (χ4v) is 2.23. The van der Waals surface area contributed by atoms with E-state index in [1.54, 1.807) is 29.2 Å². The molecule has 0 spiro atoms. The third-order valence-corrected chi connectivity index (χ3v) is 4.00. The Morgan fingerprint density at radius 2 is 1.56 bits per heavy atom. The first-order valence-corrected chi connectivity index (χ1v) is 9.38. The molecule has 0 aliphatic heterocycles. The van der Waals surface area contributed by atoms with Crippen LogP contribution in [0.5, 0.6) is 5.75 Å². The molecular weight excluding hydrogens is 344 g/mol. The van der Waals surface area contributed by atoms with Crippen molar-refractivity contribution in [2.45, 2.75) is 40.5 Å². The number of hydrogen-bond acceptors (Lipinski definition) is 5. The van der Waals surface area contributed by atoms with Gasteiger partial charge >= 0.3 is 5.97 Å². The van der Waals surface area contributed by atoms with Crippen molar-refractivity contribution in [1.82, 2.24) is 4.90 Å². The van der Waals surface area contributed by atoms with E-state index < -0.39 is 5.97 Å². The summed E-state index contributed by atoms with van der Waals surface area (Å²) >= 11 is 0. The summed E-state index contributed by atoms with van der Waals surface area (Å²) in [6, 6.07) is 8.43. The molecule has 27 heavy (non-hydrogen) atoms. The Labute approximate surface area is 162 Å². The van der Waals surface area contributed by atoms with E-state index >= 15 is 0 Å². The van der Waals surface area contributed by atoms with Crippen LogP contribution in [0.15, 0.2) is 24.3 Å². The molecule has 0 saturated carbocycles. The molecule has 1 amide bonds. The largest absolute Gasteiger partial charge is 0.482 e. The van der Waals surface area contributed by atoms with Gasteiger partial charge in [0, 0.05) is 13.1 Å². The Morgan fingerprint density at radius 1 is 1.00 bits per heavy atom.